The molecular formula is C32H31F3N6O5S. The van der Waals surface area contributed by atoms with Gasteiger partial charge in [0.2, 0.25) is 5.95 Å². The summed E-state index contributed by atoms with van der Waals surface area (Å²) in [4.78, 5) is 26.3. The van der Waals surface area contributed by atoms with E-state index >= 15 is 0 Å². The summed E-state index contributed by atoms with van der Waals surface area (Å²) in [5.41, 5.74) is -1.82. The SMILES string of the molecule is CC(C)(C)OC(=O)N1CCC[C@H](Nc2ncc(C(F)(F)F)c(-c3cn(S(=O)(=O)c4ccccc4)c4cc(-c5cnco5)ccc34)n2)C1. The van der Waals surface area contributed by atoms with E-state index in [0.29, 0.717) is 36.9 Å². The van der Waals surface area contributed by atoms with E-state index in [1.807, 2.05) is 0 Å². The van der Waals surface area contributed by atoms with Crippen molar-refractivity contribution in [1.82, 2.24) is 23.8 Å². The van der Waals surface area contributed by atoms with E-state index < -0.39 is 39.2 Å². The number of hydrogen-bond donors (Lipinski definition) is 1. The first-order chi connectivity index (χ1) is 22.2. The zero-order valence-corrected chi connectivity index (χ0v) is 26.5. The molecule has 1 aliphatic rings. The number of hydrogen-bond acceptors (Lipinski definition) is 9. The summed E-state index contributed by atoms with van der Waals surface area (Å²) in [6.45, 7) is 5.99. The van der Waals surface area contributed by atoms with Crippen molar-refractivity contribution in [2.75, 3.05) is 18.4 Å². The number of ether oxygens (including phenoxy) is 1. The molecule has 6 rings (SSSR count). The fourth-order valence-corrected chi connectivity index (χ4v) is 6.82. The molecule has 47 heavy (non-hydrogen) atoms. The molecule has 0 radical (unpaired) electrons. The van der Waals surface area contributed by atoms with Gasteiger partial charge in [-0.3, -0.25) is 0 Å². The van der Waals surface area contributed by atoms with Crippen LogP contribution in [0.15, 0.2) is 82.8 Å². The molecule has 1 fully saturated rings. The Labute approximate surface area is 268 Å². The van der Waals surface area contributed by atoms with Crippen LogP contribution in [0.1, 0.15) is 39.2 Å². The van der Waals surface area contributed by atoms with Crippen molar-refractivity contribution in [2.24, 2.45) is 0 Å². The lowest BCUT2D eigenvalue weighted by atomic mass is 10.0. The van der Waals surface area contributed by atoms with Crippen LogP contribution in [0.4, 0.5) is 23.9 Å². The molecule has 0 saturated carbocycles. The van der Waals surface area contributed by atoms with Gasteiger partial charge in [0.25, 0.3) is 10.0 Å². The Morgan fingerprint density at radius 2 is 1.85 bits per heavy atom. The van der Waals surface area contributed by atoms with Gasteiger partial charge in [-0.2, -0.15) is 13.2 Å². The minimum atomic E-state index is -4.86. The van der Waals surface area contributed by atoms with E-state index in [1.54, 1.807) is 45.0 Å². The lowest BCUT2D eigenvalue weighted by molar-refractivity contribution is -0.137. The third-order valence-electron chi connectivity index (χ3n) is 7.54. The molecule has 1 atom stereocenters. The first-order valence-electron chi connectivity index (χ1n) is 14.7. The number of carbonyl (C=O) groups excluding carboxylic acids is 1. The number of fused-ring (bicyclic) bond motifs is 1. The van der Waals surface area contributed by atoms with Gasteiger partial charge in [0.05, 0.1) is 22.3 Å². The third-order valence-corrected chi connectivity index (χ3v) is 9.23. The molecule has 1 aliphatic heterocycles. The van der Waals surface area contributed by atoms with Crippen LogP contribution in [-0.2, 0) is 20.9 Å². The van der Waals surface area contributed by atoms with Gasteiger partial charge >= 0.3 is 12.3 Å². The Morgan fingerprint density at radius 3 is 2.53 bits per heavy atom. The highest BCUT2D eigenvalue weighted by atomic mass is 32.2. The molecule has 2 aromatic carbocycles. The smallest absolute Gasteiger partial charge is 0.419 e. The van der Waals surface area contributed by atoms with Gasteiger partial charge in [0, 0.05) is 48.0 Å². The van der Waals surface area contributed by atoms with Gasteiger partial charge in [0.15, 0.2) is 12.2 Å². The predicted molar refractivity (Wildman–Crippen MR) is 167 cm³/mol. The van der Waals surface area contributed by atoms with Crippen molar-refractivity contribution in [2.45, 2.75) is 56.3 Å². The van der Waals surface area contributed by atoms with Crippen LogP contribution < -0.4 is 5.32 Å². The predicted octanol–water partition coefficient (Wildman–Crippen LogP) is 6.82. The van der Waals surface area contributed by atoms with Gasteiger partial charge in [-0.25, -0.2) is 32.1 Å². The number of nitrogens with zero attached hydrogens (tertiary/aromatic N) is 5. The largest absolute Gasteiger partial charge is 0.444 e. The monoisotopic (exact) mass is 668 g/mol. The fraction of sp³-hybridized carbons (Fsp3) is 0.312. The van der Waals surface area contributed by atoms with Crippen molar-refractivity contribution in [3.05, 3.63) is 79.1 Å². The van der Waals surface area contributed by atoms with Crippen LogP contribution >= 0.6 is 0 Å². The normalized spacial score (nSPS) is 16.0. The van der Waals surface area contributed by atoms with E-state index in [2.05, 4.69) is 20.3 Å². The number of nitrogens with one attached hydrogen (secondary N) is 1. The summed E-state index contributed by atoms with van der Waals surface area (Å²) < 4.78 is 83.0. The number of amides is 1. The molecule has 0 spiro atoms. The molecule has 1 saturated heterocycles. The molecule has 5 aromatic rings. The highest BCUT2D eigenvalue weighted by Crippen LogP contribution is 2.41. The molecule has 15 heteroatoms. The Bertz CT molecular complexity index is 2020. The summed E-state index contributed by atoms with van der Waals surface area (Å²) in [5, 5.41) is 3.28. The van der Waals surface area contributed by atoms with Gasteiger partial charge in [0.1, 0.15) is 11.2 Å². The van der Waals surface area contributed by atoms with Crippen LogP contribution in [0.2, 0.25) is 0 Å². The maximum absolute atomic E-state index is 14.5. The molecule has 4 heterocycles. The molecule has 11 nitrogen and oxygen atoms in total. The van der Waals surface area contributed by atoms with Crippen LogP contribution in [0, 0.1) is 0 Å². The van der Waals surface area contributed by atoms with Gasteiger partial charge in [-0.15, -0.1) is 0 Å². The lowest BCUT2D eigenvalue weighted by Gasteiger charge is -2.34. The third kappa shape index (κ3) is 6.66. The molecular weight excluding hydrogens is 637 g/mol. The van der Waals surface area contributed by atoms with Crippen molar-refractivity contribution < 1.29 is 35.5 Å². The lowest BCUT2D eigenvalue weighted by Crippen LogP contribution is -2.47. The van der Waals surface area contributed by atoms with E-state index in [9.17, 15) is 26.4 Å². The Kier molecular flexibility index (Phi) is 8.20. The second-order valence-corrected chi connectivity index (χ2v) is 13.9. The van der Waals surface area contributed by atoms with Gasteiger partial charge < -0.3 is 19.4 Å². The minimum Gasteiger partial charge on any atom is -0.444 e. The minimum absolute atomic E-state index is 0.0542. The second-order valence-electron chi connectivity index (χ2n) is 12.1. The topological polar surface area (TPSA) is 132 Å². The summed E-state index contributed by atoms with van der Waals surface area (Å²) in [5.74, 6) is 0.241. The molecule has 1 N–H and O–H groups in total. The maximum atomic E-state index is 14.5. The number of benzene rings is 2. The quantitative estimate of drug-likeness (QED) is 0.207. The van der Waals surface area contributed by atoms with E-state index in [-0.39, 0.29) is 39.9 Å². The number of halogens is 3. The average molecular weight is 669 g/mol. The first-order valence-corrected chi connectivity index (χ1v) is 16.2. The zero-order valence-electron chi connectivity index (χ0n) is 25.7. The summed E-state index contributed by atoms with van der Waals surface area (Å²) >= 11 is 0. The molecule has 0 bridgehead atoms. The molecule has 0 aliphatic carbocycles. The van der Waals surface area contributed by atoms with Gasteiger partial charge in [-0.1, -0.05) is 30.3 Å². The van der Waals surface area contributed by atoms with Crippen LogP contribution in [0.25, 0.3) is 33.5 Å². The molecule has 0 unspecified atom stereocenters. The fourth-order valence-electron chi connectivity index (χ4n) is 5.44. The number of aromatic nitrogens is 4. The number of likely N-dealkylation sites (tertiary alicyclic amines) is 1. The Hall–Kier alpha value is -4.92. The summed E-state index contributed by atoms with van der Waals surface area (Å²) in [7, 11) is -4.27. The molecule has 3 aromatic heterocycles. The highest BCUT2D eigenvalue weighted by Gasteiger charge is 2.37. The van der Waals surface area contributed by atoms with Crippen molar-refractivity contribution in [3.8, 4) is 22.6 Å². The zero-order chi connectivity index (χ0) is 33.6. The summed E-state index contributed by atoms with van der Waals surface area (Å²) in [6, 6.07) is 11.8. The number of alkyl halides is 3. The second kappa shape index (κ2) is 12.0. The number of oxazole rings is 1. The highest BCUT2D eigenvalue weighted by molar-refractivity contribution is 7.90. The standard InChI is InChI=1S/C32H31F3N6O5S/c1-31(2,3)46-30(42)40-13-7-8-21(17-40)38-29-37-15-25(32(33,34)35)28(39-29)24-18-41(47(43,44)22-9-5-4-6-10-22)26-14-20(11-12-23(24)26)27-16-36-19-45-27/h4-6,9-12,14-16,18-19,21H,7-8,13,17H2,1-3H3,(H,37,38,39)/t21-/m0/s1. The number of rotatable bonds is 6. The van der Waals surface area contributed by atoms with Crippen molar-refractivity contribution >= 4 is 33.0 Å². The average Bonchev–Trinajstić information content (AvgIpc) is 3.69. The Morgan fingerprint density at radius 1 is 1.09 bits per heavy atom. The molecule has 246 valence electrons. The van der Waals surface area contributed by atoms with Crippen LogP contribution in [0.5, 0.6) is 0 Å². The summed E-state index contributed by atoms with van der Waals surface area (Å²) in [6.07, 6.45) is 0.366. The Balaban J connectivity index is 1.45. The van der Waals surface area contributed by atoms with E-state index in [4.69, 9.17) is 9.15 Å². The van der Waals surface area contributed by atoms with Crippen molar-refractivity contribution in [1.29, 1.82) is 0 Å². The van der Waals surface area contributed by atoms with Crippen LogP contribution in [-0.4, -0.2) is 63.1 Å². The molecule has 1 amide bonds. The van der Waals surface area contributed by atoms with E-state index in [0.717, 1.165) is 10.2 Å². The number of carbonyl (C=O) groups is 1. The number of anilines is 1. The van der Waals surface area contributed by atoms with E-state index in [1.165, 1.54) is 41.8 Å². The van der Waals surface area contributed by atoms with Gasteiger partial charge in [-0.05, 0) is 51.8 Å². The number of piperidine rings is 1. The van der Waals surface area contributed by atoms with Crippen molar-refractivity contribution in [3.63, 3.8) is 0 Å². The maximum Gasteiger partial charge on any atom is 0.419 e. The van der Waals surface area contributed by atoms with Crippen LogP contribution in [0.3, 0.4) is 0 Å². The first kappa shape index (κ1) is 32.0.